The van der Waals surface area contributed by atoms with Gasteiger partial charge in [-0.2, -0.15) is 8.78 Å². The van der Waals surface area contributed by atoms with Crippen molar-refractivity contribution in [2.45, 2.75) is 32.4 Å². The fourth-order valence-corrected chi connectivity index (χ4v) is 2.34. The highest BCUT2D eigenvalue weighted by Gasteiger charge is 2.16. The van der Waals surface area contributed by atoms with Crippen molar-refractivity contribution in [2.75, 3.05) is 5.32 Å². The van der Waals surface area contributed by atoms with Gasteiger partial charge in [0.05, 0.1) is 10.2 Å². The van der Waals surface area contributed by atoms with Crippen LogP contribution in [-0.4, -0.2) is 18.6 Å². The lowest BCUT2D eigenvalue weighted by Gasteiger charge is -2.14. The molecule has 3 N–H and O–H groups in total. The molecule has 0 spiro atoms. The number of amides is 1. The zero-order chi connectivity index (χ0) is 15.3. The zero-order valence-corrected chi connectivity index (χ0v) is 13.0. The van der Waals surface area contributed by atoms with E-state index in [-0.39, 0.29) is 39.3 Å². The number of rotatable bonds is 6. The van der Waals surface area contributed by atoms with Gasteiger partial charge >= 0.3 is 6.61 Å². The molecule has 112 valence electrons. The number of carbonyl (C=O) groups excluding carboxylic acids is 1. The molecule has 20 heavy (non-hydrogen) atoms. The van der Waals surface area contributed by atoms with Crippen molar-refractivity contribution in [1.82, 2.24) is 0 Å². The lowest BCUT2D eigenvalue weighted by molar-refractivity contribution is -0.116. The Labute approximate surface area is 128 Å². The van der Waals surface area contributed by atoms with E-state index in [2.05, 4.69) is 26.0 Å². The van der Waals surface area contributed by atoms with Gasteiger partial charge in [-0.05, 0) is 41.4 Å². The third-order valence-electron chi connectivity index (χ3n) is 2.32. The van der Waals surface area contributed by atoms with Crippen molar-refractivity contribution in [2.24, 2.45) is 5.73 Å². The van der Waals surface area contributed by atoms with Crippen molar-refractivity contribution in [3.05, 3.63) is 21.6 Å². The first-order valence-electron chi connectivity index (χ1n) is 5.79. The molecule has 0 aliphatic rings. The largest absolute Gasteiger partial charge is 0.431 e. The van der Waals surface area contributed by atoms with Crippen molar-refractivity contribution in [3.8, 4) is 5.75 Å². The van der Waals surface area contributed by atoms with Gasteiger partial charge in [0.15, 0.2) is 5.75 Å². The second kappa shape index (κ2) is 7.75. The second-order valence-electron chi connectivity index (χ2n) is 4.21. The van der Waals surface area contributed by atoms with Gasteiger partial charge in [-0.1, -0.05) is 11.6 Å². The number of anilines is 1. The first-order valence-corrected chi connectivity index (χ1v) is 6.96. The number of hydrogen-bond donors (Lipinski definition) is 2. The van der Waals surface area contributed by atoms with E-state index < -0.39 is 6.61 Å². The van der Waals surface area contributed by atoms with Crippen LogP contribution in [0, 0.1) is 0 Å². The van der Waals surface area contributed by atoms with Gasteiger partial charge in [-0.25, -0.2) is 0 Å². The molecular weight excluding hydrogens is 357 g/mol. The molecule has 1 amide bonds. The van der Waals surface area contributed by atoms with Gasteiger partial charge in [-0.15, -0.1) is 0 Å². The number of carbonyl (C=O) groups is 1. The number of nitrogens with two attached hydrogens (primary N) is 1. The summed E-state index contributed by atoms with van der Waals surface area (Å²) in [6.07, 6.45) is 0.661. The van der Waals surface area contributed by atoms with E-state index in [1.807, 2.05) is 0 Å². The van der Waals surface area contributed by atoms with E-state index >= 15 is 0 Å². The Morgan fingerprint density at radius 2 is 2.20 bits per heavy atom. The highest BCUT2D eigenvalue weighted by atomic mass is 79.9. The standard InChI is InChI=1S/C12H14BrClF2N2O2/c1-6(17)2-3-10(19)18-9-5-7(14)4-8(13)11(9)20-12(15)16/h4-6,12H,2-3,17H2,1H3,(H,18,19). The summed E-state index contributed by atoms with van der Waals surface area (Å²) in [6.45, 7) is -1.23. The fraction of sp³-hybridized carbons (Fsp3) is 0.417. The Balaban J connectivity index is 2.89. The van der Waals surface area contributed by atoms with Gasteiger partial charge in [0.25, 0.3) is 0 Å². The van der Waals surface area contributed by atoms with Gasteiger partial charge < -0.3 is 15.8 Å². The fourth-order valence-electron chi connectivity index (χ4n) is 1.43. The summed E-state index contributed by atoms with van der Waals surface area (Å²) in [6, 6.07) is 2.62. The number of benzene rings is 1. The highest BCUT2D eigenvalue weighted by molar-refractivity contribution is 9.10. The van der Waals surface area contributed by atoms with Gasteiger partial charge in [-0.3, -0.25) is 4.79 Å². The van der Waals surface area contributed by atoms with Crippen molar-refractivity contribution in [3.63, 3.8) is 0 Å². The van der Waals surface area contributed by atoms with Crippen molar-refractivity contribution in [1.29, 1.82) is 0 Å². The predicted molar refractivity (Wildman–Crippen MR) is 77.3 cm³/mol. The molecule has 1 aromatic rings. The second-order valence-corrected chi connectivity index (χ2v) is 5.50. The Hall–Kier alpha value is -0.920. The van der Waals surface area contributed by atoms with Crippen LogP contribution in [0.3, 0.4) is 0 Å². The molecule has 0 bridgehead atoms. The maximum Gasteiger partial charge on any atom is 0.387 e. The average Bonchev–Trinajstić information content (AvgIpc) is 2.30. The van der Waals surface area contributed by atoms with Crippen LogP contribution in [0.4, 0.5) is 14.5 Å². The topological polar surface area (TPSA) is 64.4 Å². The van der Waals surface area contributed by atoms with E-state index in [0.717, 1.165) is 0 Å². The van der Waals surface area contributed by atoms with Gasteiger partial charge in [0.2, 0.25) is 5.91 Å². The Bertz CT molecular complexity index is 487. The molecule has 0 saturated carbocycles. The predicted octanol–water partition coefficient (Wildman–Crippen LogP) is 3.77. The molecule has 1 rings (SSSR count). The quantitative estimate of drug-likeness (QED) is 0.800. The van der Waals surface area contributed by atoms with E-state index in [1.54, 1.807) is 6.92 Å². The Morgan fingerprint density at radius 1 is 1.55 bits per heavy atom. The number of hydrogen-bond acceptors (Lipinski definition) is 3. The highest BCUT2D eigenvalue weighted by Crippen LogP contribution is 2.37. The molecule has 0 heterocycles. The van der Waals surface area contributed by atoms with E-state index in [4.69, 9.17) is 17.3 Å². The molecular formula is C12H14BrClF2N2O2. The molecule has 8 heteroatoms. The summed E-state index contributed by atoms with van der Waals surface area (Å²) in [4.78, 5) is 11.7. The van der Waals surface area contributed by atoms with Crippen LogP contribution < -0.4 is 15.8 Å². The molecule has 1 aromatic carbocycles. The molecule has 1 unspecified atom stereocenters. The van der Waals surface area contributed by atoms with E-state index in [1.165, 1.54) is 12.1 Å². The van der Waals surface area contributed by atoms with Crippen molar-refractivity contribution >= 4 is 39.1 Å². The zero-order valence-electron chi connectivity index (χ0n) is 10.6. The van der Waals surface area contributed by atoms with Gasteiger partial charge in [0.1, 0.15) is 0 Å². The summed E-state index contributed by atoms with van der Waals surface area (Å²) in [5.74, 6) is -0.519. The normalized spacial score (nSPS) is 12.3. The minimum atomic E-state index is -3.01. The van der Waals surface area contributed by atoms with Crippen LogP contribution in [-0.2, 0) is 4.79 Å². The molecule has 1 atom stereocenters. The van der Waals surface area contributed by atoms with Crippen LogP contribution in [0.5, 0.6) is 5.75 Å². The monoisotopic (exact) mass is 370 g/mol. The summed E-state index contributed by atoms with van der Waals surface area (Å²) >= 11 is 8.89. The number of alkyl halides is 2. The molecule has 4 nitrogen and oxygen atoms in total. The Kier molecular flexibility index (Phi) is 6.64. The van der Waals surface area contributed by atoms with Crippen LogP contribution in [0.15, 0.2) is 16.6 Å². The first-order chi connectivity index (χ1) is 9.29. The van der Waals surface area contributed by atoms with E-state index in [0.29, 0.717) is 6.42 Å². The lowest BCUT2D eigenvalue weighted by Crippen LogP contribution is -2.20. The summed E-state index contributed by atoms with van der Waals surface area (Å²) < 4.78 is 29.3. The maximum atomic E-state index is 12.4. The number of nitrogens with one attached hydrogen (secondary N) is 1. The minimum Gasteiger partial charge on any atom is -0.431 e. The third kappa shape index (κ3) is 5.60. The summed E-state index contributed by atoms with van der Waals surface area (Å²) in [5, 5.41) is 2.76. The average molecular weight is 372 g/mol. The SMILES string of the molecule is CC(N)CCC(=O)Nc1cc(Cl)cc(Br)c1OC(F)F. The molecule has 0 radical (unpaired) electrons. The lowest BCUT2D eigenvalue weighted by atomic mass is 10.2. The molecule has 0 aliphatic carbocycles. The number of halogens is 4. The maximum absolute atomic E-state index is 12.4. The summed E-state index contributed by atoms with van der Waals surface area (Å²) in [7, 11) is 0. The minimum absolute atomic E-state index is 0.0827. The molecule has 0 aromatic heterocycles. The smallest absolute Gasteiger partial charge is 0.387 e. The Morgan fingerprint density at radius 3 is 2.75 bits per heavy atom. The van der Waals surface area contributed by atoms with Crippen LogP contribution >= 0.6 is 27.5 Å². The van der Waals surface area contributed by atoms with Crippen molar-refractivity contribution < 1.29 is 18.3 Å². The first kappa shape index (κ1) is 17.1. The molecule has 0 saturated heterocycles. The van der Waals surface area contributed by atoms with E-state index in [9.17, 15) is 13.6 Å². The van der Waals surface area contributed by atoms with Gasteiger partial charge in [0, 0.05) is 17.5 Å². The summed E-state index contributed by atoms with van der Waals surface area (Å²) in [5.41, 5.74) is 5.63. The van der Waals surface area contributed by atoms with Crippen LogP contribution in [0.2, 0.25) is 5.02 Å². The van der Waals surface area contributed by atoms with Crippen LogP contribution in [0.1, 0.15) is 19.8 Å². The number of ether oxygens (including phenoxy) is 1. The third-order valence-corrected chi connectivity index (χ3v) is 3.12. The molecule has 0 fully saturated rings. The van der Waals surface area contributed by atoms with Crippen LogP contribution in [0.25, 0.3) is 0 Å². The molecule has 0 aliphatic heterocycles.